The van der Waals surface area contributed by atoms with Crippen molar-refractivity contribution in [3.63, 3.8) is 0 Å². The van der Waals surface area contributed by atoms with Crippen LogP contribution in [0.4, 0.5) is 17.1 Å². The number of nitrogens with zero attached hydrogens (tertiary/aromatic N) is 1. The number of anilines is 3. The molecule has 3 atom stereocenters. The van der Waals surface area contributed by atoms with E-state index in [1.165, 1.54) is 104 Å². The summed E-state index contributed by atoms with van der Waals surface area (Å²) in [5, 5.41) is 2.56. The van der Waals surface area contributed by atoms with Gasteiger partial charge in [-0.2, -0.15) is 0 Å². The van der Waals surface area contributed by atoms with E-state index in [-0.39, 0.29) is 5.41 Å². The fourth-order valence-corrected chi connectivity index (χ4v) is 10.0. The Kier molecular flexibility index (Phi) is 7.07. The molecule has 0 N–H and O–H groups in total. The van der Waals surface area contributed by atoms with Gasteiger partial charge in [0.25, 0.3) is 0 Å². The lowest BCUT2D eigenvalue weighted by Gasteiger charge is -2.31. The maximum absolute atomic E-state index is 2.55. The first kappa shape index (κ1) is 30.4. The highest BCUT2D eigenvalue weighted by Gasteiger charge is 2.41. The number of benzene rings is 7. The van der Waals surface area contributed by atoms with Crippen LogP contribution in [-0.2, 0) is 5.41 Å². The lowest BCUT2D eigenvalue weighted by Crippen LogP contribution is -2.16. The summed E-state index contributed by atoms with van der Waals surface area (Å²) < 4.78 is 0. The minimum atomic E-state index is -0.104. The Morgan fingerprint density at radius 3 is 1.82 bits per heavy atom. The molecule has 0 spiro atoms. The molecule has 0 aromatic heterocycles. The lowest BCUT2D eigenvalue weighted by atomic mass is 9.81. The second kappa shape index (κ2) is 11.8. The van der Waals surface area contributed by atoms with Gasteiger partial charge < -0.3 is 4.90 Å². The highest BCUT2D eigenvalue weighted by molar-refractivity contribution is 6.09. The van der Waals surface area contributed by atoms with E-state index < -0.39 is 0 Å². The van der Waals surface area contributed by atoms with Crippen LogP contribution < -0.4 is 4.90 Å². The Morgan fingerprint density at radius 1 is 0.529 bits per heavy atom. The van der Waals surface area contributed by atoms with Crippen LogP contribution in [0, 0.1) is 11.8 Å². The Hall–Kier alpha value is -5.40. The molecule has 1 nitrogen and oxygen atoms in total. The zero-order chi connectivity index (χ0) is 34.1. The van der Waals surface area contributed by atoms with E-state index in [1.807, 2.05) is 0 Å². The van der Waals surface area contributed by atoms with Gasteiger partial charge in [-0.15, -0.1) is 0 Å². The minimum absolute atomic E-state index is 0.104. The summed E-state index contributed by atoms with van der Waals surface area (Å²) in [6.07, 6.45) is 5.63. The van der Waals surface area contributed by atoms with E-state index in [0.717, 1.165) is 11.8 Å². The monoisotopic (exact) mass is 657 g/mol. The van der Waals surface area contributed by atoms with Gasteiger partial charge in [-0.25, -0.2) is 0 Å². The SMILES string of the molecule is CC1(C)c2ccccc2-c2c1cc1ccccc1c2N(c1ccc(-c2ccccc2-c2ccccc2)cc1)c1ccc(C2CC3CCC2C3)cc1. The van der Waals surface area contributed by atoms with Crippen molar-refractivity contribution >= 4 is 27.8 Å². The molecule has 0 amide bonds. The van der Waals surface area contributed by atoms with E-state index in [0.29, 0.717) is 5.92 Å². The summed E-state index contributed by atoms with van der Waals surface area (Å²) in [4.78, 5) is 2.55. The van der Waals surface area contributed by atoms with Crippen molar-refractivity contribution in [2.24, 2.45) is 11.8 Å². The third kappa shape index (κ3) is 4.89. The number of rotatable bonds is 6. The molecule has 3 aliphatic carbocycles. The van der Waals surface area contributed by atoms with Crippen molar-refractivity contribution in [3.8, 4) is 33.4 Å². The molecule has 0 heterocycles. The normalized spacial score (nSPS) is 19.6. The average molecular weight is 658 g/mol. The van der Waals surface area contributed by atoms with Crippen molar-refractivity contribution in [2.75, 3.05) is 4.90 Å². The molecule has 7 aromatic carbocycles. The molecule has 10 rings (SSSR count). The summed E-state index contributed by atoms with van der Waals surface area (Å²) in [7, 11) is 0. The molecule has 2 bridgehead atoms. The molecular formula is C50H43N. The van der Waals surface area contributed by atoms with Gasteiger partial charge in [0, 0.05) is 27.7 Å². The van der Waals surface area contributed by atoms with Crippen LogP contribution in [0.15, 0.2) is 158 Å². The Labute approximate surface area is 302 Å². The summed E-state index contributed by atoms with van der Waals surface area (Å²) >= 11 is 0. The Balaban J connectivity index is 1.17. The smallest absolute Gasteiger partial charge is 0.0621 e. The Morgan fingerprint density at radius 2 is 1.14 bits per heavy atom. The summed E-state index contributed by atoms with van der Waals surface area (Å²) in [6.45, 7) is 4.79. The molecule has 0 radical (unpaired) electrons. The van der Waals surface area contributed by atoms with E-state index in [9.17, 15) is 0 Å². The van der Waals surface area contributed by atoms with Crippen molar-refractivity contribution in [3.05, 3.63) is 174 Å². The van der Waals surface area contributed by atoms with Gasteiger partial charge in [0.05, 0.1) is 5.69 Å². The zero-order valence-electron chi connectivity index (χ0n) is 29.5. The minimum Gasteiger partial charge on any atom is -0.309 e. The predicted molar refractivity (Wildman–Crippen MR) is 215 cm³/mol. The number of fused-ring (bicyclic) bond motifs is 6. The van der Waals surface area contributed by atoms with Crippen LogP contribution >= 0.6 is 0 Å². The van der Waals surface area contributed by atoms with Crippen molar-refractivity contribution < 1.29 is 0 Å². The average Bonchev–Trinajstić information content (AvgIpc) is 3.89. The molecule has 0 saturated heterocycles. The van der Waals surface area contributed by atoms with Gasteiger partial charge in [-0.3, -0.25) is 0 Å². The van der Waals surface area contributed by atoms with Gasteiger partial charge >= 0.3 is 0 Å². The van der Waals surface area contributed by atoms with Gasteiger partial charge in [0.15, 0.2) is 0 Å². The molecule has 2 saturated carbocycles. The van der Waals surface area contributed by atoms with Gasteiger partial charge in [-0.1, -0.05) is 148 Å². The quantitative estimate of drug-likeness (QED) is 0.172. The topological polar surface area (TPSA) is 3.24 Å². The van der Waals surface area contributed by atoms with Crippen LogP contribution in [0.3, 0.4) is 0 Å². The molecule has 1 heteroatoms. The first-order valence-electron chi connectivity index (χ1n) is 18.9. The zero-order valence-corrected chi connectivity index (χ0v) is 29.5. The Bertz CT molecular complexity index is 2400. The number of hydrogen-bond acceptors (Lipinski definition) is 1. The first-order valence-corrected chi connectivity index (χ1v) is 18.9. The predicted octanol–water partition coefficient (Wildman–Crippen LogP) is 13.9. The highest BCUT2D eigenvalue weighted by atomic mass is 15.1. The fourth-order valence-electron chi connectivity index (χ4n) is 10.0. The van der Waals surface area contributed by atoms with Gasteiger partial charge in [-0.05, 0) is 117 Å². The second-order valence-corrected chi connectivity index (χ2v) is 15.7. The van der Waals surface area contributed by atoms with Crippen molar-refractivity contribution in [1.29, 1.82) is 0 Å². The molecule has 7 aromatic rings. The molecule has 0 aliphatic heterocycles. The molecule has 248 valence electrons. The second-order valence-electron chi connectivity index (χ2n) is 15.7. The molecule has 2 fully saturated rings. The summed E-state index contributed by atoms with van der Waals surface area (Å²) in [5.41, 5.74) is 15.5. The third-order valence-electron chi connectivity index (χ3n) is 12.6. The lowest BCUT2D eigenvalue weighted by molar-refractivity contribution is 0.420. The first-order chi connectivity index (χ1) is 25.0. The largest absolute Gasteiger partial charge is 0.309 e. The van der Waals surface area contributed by atoms with Crippen LogP contribution in [-0.4, -0.2) is 0 Å². The highest BCUT2D eigenvalue weighted by Crippen LogP contribution is 2.57. The maximum Gasteiger partial charge on any atom is 0.0621 e. The third-order valence-corrected chi connectivity index (χ3v) is 12.6. The van der Waals surface area contributed by atoms with Gasteiger partial charge in [0.2, 0.25) is 0 Å². The van der Waals surface area contributed by atoms with E-state index in [2.05, 4.69) is 176 Å². The van der Waals surface area contributed by atoms with Crippen LogP contribution in [0.5, 0.6) is 0 Å². The summed E-state index contributed by atoms with van der Waals surface area (Å²) in [5.74, 6) is 2.51. The molecule has 3 aliphatic rings. The molecular weight excluding hydrogens is 615 g/mol. The van der Waals surface area contributed by atoms with E-state index in [4.69, 9.17) is 0 Å². The van der Waals surface area contributed by atoms with E-state index >= 15 is 0 Å². The van der Waals surface area contributed by atoms with Crippen LogP contribution in [0.2, 0.25) is 0 Å². The standard InChI is InChI=1S/C50H43N/c1-50(2)46-19-11-10-18-44(46)48-47(50)32-37-14-6-7-17-43(37)49(48)51(40-28-24-36(25-29-40)45-31-33-20-21-38(45)30-33)39-26-22-35(23-27-39)42-16-9-8-15-41(42)34-12-4-3-5-13-34/h3-19,22-29,32-33,38,45H,20-21,30-31H2,1-2H3. The van der Waals surface area contributed by atoms with Crippen molar-refractivity contribution in [1.82, 2.24) is 0 Å². The summed E-state index contributed by atoms with van der Waals surface area (Å²) in [6, 6.07) is 59.0. The van der Waals surface area contributed by atoms with Crippen LogP contribution in [0.1, 0.15) is 62.1 Å². The van der Waals surface area contributed by atoms with E-state index in [1.54, 1.807) is 0 Å². The fraction of sp³-hybridized carbons (Fsp3) is 0.200. The molecule has 51 heavy (non-hydrogen) atoms. The van der Waals surface area contributed by atoms with Crippen LogP contribution in [0.25, 0.3) is 44.2 Å². The molecule has 3 unspecified atom stereocenters. The number of hydrogen-bond donors (Lipinski definition) is 0. The maximum atomic E-state index is 2.55. The van der Waals surface area contributed by atoms with Gasteiger partial charge in [0.1, 0.15) is 0 Å². The van der Waals surface area contributed by atoms with Crippen molar-refractivity contribution in [2.45, 2.75) is 50.9 Å².